The highest BCUT2D eigenvalue weighted by atomic mass is 32.2. The van der Waals surface area contributed by atoms with Crippen molar-refractivity contribution in [3.8, 4) is 0 Å². The molecule has 16 nitrogen and oxygen atoms in total. The number of urea groups is 1. The largest absolute Gasteiger partial charge is 0.395 e. The van der Waals surface area contributed by atoms with Crippen LogP contribution in [0.1, 0.15) is 18.5 Å². The van der Waals surface area contributed by atoms with E-state index in [2.05, 4.69) is 25.0 Å². The topological polar surface area (TPSA) is 224 Å². The summed E-state index contributed by atoms with van der Waals surface area (Å²) in [6, 6.07) is -1.04. The third kappa shape index (κ3) is 5.27. The molecule has 1 atom stereocenters. The van der Waals surface area contributed by atoms with Crippen molar-refractivity contribution in [2.24, 2.45) is 5.16 Å². The van der Waals surface area contributed by atoms with Crippen molar-refractivity contribution in [1.29, 1.82) is 0 Å². The molecule has 4 amide bonds. The lowest BCUT2D eigenvalue weighted by Gasteiger charge is -2.36. The van der Waals surface area contributed by atoms with Crippen LogP contribution in [0.25, 0.3) is 0 Å². The van der Waals surface area contributed by atoms with Crippen LogP contribution in [-0.4, -0.2) is 70.6 Å². The molecule has 0 saturated carbocycles. The van der Waals surface area contributed by atoms with Crippen LogP contribution in [0.4, 0.5) is 15.7 Å². The fraction of sp³-hybridized carbons (Fsp3) is 0.357. The van der Waals surface area contributed by atoms with Gasteiger partial charge < -0.3 is 20.4 Å². The molecule has 1 saturated heterocycles. The van der Waals surface area contributed by atoms with E-state index < -0.39 is 34.1 Å². The maximum absolute atomic E-state index is 12.5. The zero-order valence-corrected chi connectivity index (χ0v) is 18.2. The number of hydrogen-bond acceptors (Lipinski definition) is 13. The number of nitrogen functional groups attached to an aromatic ring is 1. The Kier molecular flexibility index (Phi) is 6.53. The predicted molar refractivity (Wildman–Crippen MR) is 108 cm³/mol. The molecule has 5 N–H and O–H groups in total. The molecule has 1 fully saturated rings. The minimum absolute atomic E-state index is 0.0927. The molecule has 0 bridgehead atoms. The Morgan fingerprint density at radius 1 is 1.47 bits per heavy atom. The number of nitrogens with one attached hydrogen (secondary N) is 3. The number of likely N-dealkylation sites (tertiary alicyclic amines) is 1. The molecule has 1 aliphatic rings. The van der Waals surface area contributed by atoms with E-state index in [9.17, 15) is 22.8 Å². The van der Waals surface area contributed by atoms with Gasteiger partial charge in [0.15, 0.2) is 10.9 Å². The number of oxime groups is 1. The summed E-state index contributed by atoms with van der Waals surface area (Å²) in [4.78, 5) is 46.2. The van der Waals surface area contributed by atoms with Crippen molar-refractivity contribution in [3.05, 3.63) is 17.7 Å². The van der Waals surface area contributed by atoms with E-state index in [1.54, 1.807) is 18.6 Å². The fourth-order valence-electron chi connectivity index (χ4n) is 2.34. The SMILES string of the molecule is CCON=C(C(=O)N[C@H]1CN(C(=O)NS(=O)(=O)Nc2cc(C)on2)C1=O)c1nsc(N)n1. The first-order valence-electron chi connectivity index (χ1n) is 8.79. The summed E-state index contributed by atoms with van der Waals surface area (Å²) in [6.07, 6.45) is 0. The number of imide groups is 1. The fourth-order valence-corrected chi connectivity index (χ4v) is 3.53. The van der Waals surface area contributed by atoms with E-state index in [4.69, 9.17) is 15.1 Å². The summed E-state index contributed by atoms with van der Waals surface area (Å²) in [5, 5.41) is 9.50. The van der Waals surface area contributed by atoms with Crippen LogP contribution in [0.5, 0.6) is 0 Å². The van der Waals surface area contributed by atoms with Crippen molar-refractivity contribution >= 4 is 56.2 Å². The number of rotatable bonds is 8. The molecule has 18 heteroatoms. The number of nitrogens with zero attached hydrogens (tertiary/aromatic N) is 5. The number of nitrogens with two attached hydrogens (primary N) is 1. The summed E-state index contributed by atoms with van der Waals surface area (Å²) in [6.45, 7) is 3.05. The summed E-state index contributed by atoms with van der Waals surface area (Å²) in [5.41, 5.74) is 5.19. The van der Waals surface area contributed by atoms with Crippen molar-refractivity contribution in [3.63, 3.8) is 0 Å². The summed E-state index contributed by atoms with van der Waals surface area (Å²) < 4.78 is 36.2. The van der Waals surface area contributed by atoms with Gasteiger partial charge in [0.1, 0.15) is 18.4 Å². The lowest BCUT2D eigenvalue weighted by molar-refractivity contribution is -0.141. The maximum Gasteiger partial charge on any atom is 0.339 e. The third-order valence-electron chi connectivity index (χ3n) is 3.72. The van der Waals surface area contributed by atoms with E-state index in [0.29, 0.717) is 10.7 Å². The molecule has 32 heavy (non-hydrogen) atoms. The molecule has 1 aliphatic heterocycles. The summed E-state index contributed by atoms with van der Waals surface area (Å²) in [5.74, 6) is -1.59. The summed E-state index contributed by atoms with van der Waals surface area (Å²) in [7, 11) is -4.38. The molecular weight excluding hydrogens is 470 g/mol. The lowest BCUT2D eigenvalue weighted by Crippen LogP contribution is -2.68. The third-order valence-corrected chi connectivity index (χ3v) is 5.19. The Morgan fingerprint density at radius 3 is 2.78 bits per heavy atom. The smallest absolute Gasteiger partial charge is 0.339 e. The number of β-lactam (4-membered cyclic amide) rings is 1. The average molecular weight is 487 g/mol. The first-order valence-corrected chi connectivity index (χ1v) is 11.0. The number of carbonyl (C=O) groups excluding carboxylic acids is 3. The van der Waals surface area contributed by atoms with Crippen LogP contribution in [0.15, 0.2) is 15.7 Å². The molecular formula is C14H17N9O7S2. The number of carbonyl (C=O) groups is 3. The second-order valence-electron chi connectivity index (χ2n) is 6.12. The number of hydrogen-bond donors (Lipinski definition) is 4. The van der Waals surface area contributed by atoms with Gasteiger partial charge >= 0.3 is 16.2 Å². The molecule has 0 spiro atoms. The van der Waals surface area contributed by atoms with Gasteiger partial charge in [-0.2, -0.15) is 17.8 Å². The molecule has 0 unspecified atom stereocenters. The molecule has 3 heterocycles. The van der Waals surface area contributed by atoms with Crippen LogP contribution in [0.2, 0.25) is 0 Å². The predicted octanol–water partition coefficient (Wildman–Crippen LogP) is -1.45. The van der Waals surface area contributed by atoms with Crippen LogP contribution in [-0.2, 0) is 24.6 Å². The number of aromatic nitrogens is 3. The number of aryl methyl sites for hydroxylation is 1. The second-order valence-corrected chi connectivity index (χ2v) is 8.32. The Balaban J connectivity index is 1.58. The van der Waals surface area contributed by atoms with Crippen molar-refractivity contribution in [2.45, 2.75) is 19.9 Å². The van der Waals surface area contributed by atoms with Crippen LogP contribution >= 0.6 is 11.5 Å². The zero-order valence-electron chi connectivity index (χ0n) is 16.6. The molecule has 172 valence electrons. The standard InChI is InChI=1S/C14H17N9O7S2/c1-3-29-19-9(10-17-13(15)31-20-10)11(24)16-7-5-23(12(7)25)14(26)22-32(27,28)21-8-4-6(2)30-18-8/h4,7H,3,5H2,1-2H3,(H,16,24)(H,18,21)(H,22,26)(H2,15,17,20)/t7-/m0/s1. The quantitative estimate of drug-likeness (QED) is 0.191. The molecule has 0 aromatic carbocycles. The lowest BCUT2D eigenvalue weighted by atomic mass is 10.1. The minimum atomic E-state index is -4.38. The van der Waals surface area contributed by atoms with Gasteiger partial charge in [-0.25, -0.2) is 14.2 Å². The first kappa shape index (κ1) is 22.9. The molecule has 2 aromatic rings. The molecule has 2 aromatic heterocycles. The molecule has 0 radical (unpaired) electrons. The first-order chi connectivity index (χ1) is 15.1. The summed E-state index contributed by atoms with van der Waals surface area (Å²) >= 11 is 0.833. The van der Waals surface area contributed by atoms with Crippen LogP contribution in [0.3, 0.4) is 0 Å². The van der Waals surface area contributed by atoms with E-state index in [1.165, 1.54) is 6.07 Å². The van der Waals surface area contributed by atoms with Crippen LogP contribution in [0, 0.1) is 6.92 Å². The van der Waals surface area contributed by atoms with Gasteiger partial charge in [-0.1, -0.05) is 10.3 Å². The minimum Gasteiger partial charge on any atom is -0.395 e. The highest BCUT2D eigenvalue weighted by molar-refractivity contribution is 7.91. The van der Waals surface area contributed by atoms with E-state index in [0.717, 1.165) is 11.5 Å². The average Bonchev–Trinajstić information content (AvgIpc) is 3.31. The maximum atomic E-state index is 12.5. The van der Waals surface area contributed by atoms with E-state index >= 15 is 0 Å². The van der Waals surface area contributed by atoms with Gasteiger partial charge in [-0.3, -0.25) is 14.5 Å². The Morgan fingerprint density at radius 2 is 2.22 bits per heavy atom. The van der Waals surface area contributed by atoms with Crippen molar-refractivity contribution in [1.82, 2.24) is 29.5 Å². The van der Waals surface area contributed by atoms with Gasteiger partial charge in [0.25, 0.3) is 11.8 Å². The molecule has 0 aliphatic carbocycles. The van der Waals surface area contributed by atoms with Gasteiger partial charge in [-0.15, -0.1) is 0 Å². The Labute approximate surface area is 184 Å². The highest BCUT2D eigenvalue weighted by Crippen LogP contribution is 2.13. The molecule has 3 rings (SSSR count). The van der Waals surface area contributed by atoms with Gasteiger partial charge in [0, 0.05) is 17.6 Å². The monoisotopic (exact) mass is 487 g/mol. The normalized spacial score (nSPS) is 16.3. The van der Waals surface area contributed by atoms with Crippen molar-refractivity contribution < 1.29 is 32.2 Å². The van der Waals surface area contributed by atoms with E-state index in [1.807, 2.05) is 4.72 Å². The second kappa shape index (κ2) is 9.14. The van der Waals surface area contributed by atoms with Crippen molar-refractivity contribution in [2.75, 3.05) is 23.6 Å². The van der Waals surface area contributed by atoms with Gasteiger partial charge in [0.05, 0.1) is 6.54 Å². The Hall–Kier alpha value is -3.80. The Bertz CT molecular complexity index is 1170. The van der Waals surface area contributed by atoms with Gasteiger partial charge in [0.2, 0.25) is 11.5 Å². The van der Waals surface area contributed by atoms with Gasteiger partial charge in [-0.05, 0) is 13.8 Å². The highest BCUT2D eigenvalue weighted by Gasteiger charge is 2.43. The van der Waals surface area contributed by atoms with Crippen LogP contribution < -0.4 is 20.5 Å². The number of amides is 4. The zero-order chi connectivity index (χ0) is 23.5. The number of anilines is 2. The van der Waals surface area contributed by atoms with E-state index in [-0.39, 0.29) is 35.6 Å².